The molecule has 88 valence electrons. The minimum absolute atomic E-state index is 0. The first-order valence-electron chi connectivity index (χ1n) is 4.14. The molecule has 0 radical (unpaired) electrons. The van der Waals surface area contributed by atoms with Gasteiger partial charge in [0.25, 0.3) is 0 Å². The number of rotatable bonds is 4. The zero-order valence-electron chi connectivity index (χ0n) is 10.2. The number of hydrogen-bond acceptors (Lipinski definition) is 7. The maximum atomic E-state index is 10.7. The van der Waals surface area contributed by atoms with Crippen LogP contribution in [0.25, 0.3) is 0 Å². The minimum atomic E-state index is -5.11. The number of nitrogens with zero attached hydrogens (tertiary/aromatic N) is 1. The van der Waals surface area contributed by atoms with E-state index in [1.165, 1.54) is 6.92 Å². The smallest absolute Gasteiger partial charge is 0.790 e. The number of pyridine rings is 1. The molecule has 0 fully saturated rings. The number of aromatic hydroxyl groups is 1. The van der Waals surface area contributed by atoms with Crippen molar-refractivity contribution in [2.75, 3.05) is 0 Å². The van der Waals surface area contributed by atoms with Gasteiger partial charge in [0.2, 0.25) is 0 Å². The molecule has 0 atom stereocenters. The summed E-state index contributed by atoms with van der Waals surface area (Å²) in [5.74, 6) is -0.359. The van der Waals surface area contributed by atoms with Crippen molar-refractivity contribution in [3.05, 3.63) is 23.0 Å². The second-order valence-electron chi connectivity index (χ2n) is 2.97. The van der Waals surface area contributed by atoms with Crippen LogP contribution in [0.15, 0.2) is 6.20 Å². The Labute approximate surface area is 189 Å². The van der Waals surface area contributed by atoms with Crippen LogP contribution in [0.3, 0.4) is 0 Å². The van der Waals surface area contributed by atoms with Crippen LogP contribution < -0.4 is 113 Å². The van der Waals surface area contributed by atoms with Crippen LogP contribution in [0.4, 0.5) is 0 Å². The van der Waals surface area contributed by atoms with Gasteiger partial charge in [-0.15, -0.1) is 0 Å². The van der Waals surface area contributed by atoms with Crippen LogP contribution in [0, 0.1) is 6.92 Å². The quantitative estimate of drug-likeness (QED) is 0.332. The molecule has 0 bridgehead atoms. The fraction of sp³-hybridized carbons (Fsp3) is 0.250. The molecule has 0 saturated carbocycles. The Bertz CT molecular complexity index is 463. The molecule has 0 spiro atoms. The summed E-state index contributed by atoms with van der Waals surface area (Å²) in [6.45, 7) is 0.845. The van der Waals surface area contributed by atoms with E-state index in [-0.39, 0.29) is 125 Å². The van der Waals surface area contributed by atoms with Gasteiger partial charge in [0.1, 0.15) is 5.75 Å². The molecule has 18 heavy (non-hydrogen) atoms. The number of aryl methyl sites for hydroxylation is 1. The van der Waals surface area contributed by atoms with E-state index < -0.39 is 14.4 Å². The van der Waals surface area contributed by atoms with Crippen molar-refractivity contribution in [3.63, 3.8) is 0 Å². The van der Waals surface area contributed by atoms with E-state index in [4.69, 9.17) is 0 Å². The number of phosphoric ester groups is 1. The second kappa shape index (κ2) is 9.85. The van der Waals surface area contributed by atoms with Gasteiger partial charge in [0.05, 0.1) is 25.7 Å². The molecule has 10 heteroatoms. The first kappa shape index (κ1) is 22.3. The minimum Gasteiger partial charge on any atom is -0.790 e. The van der Waals surface area contributed by atoms with E-state index in [2.05, 4.69) is 9.51 Å². The number of carbonyl (C=O) groups excluding carboxylic acids is 1. The topological polar surface area (TPSA) is 123 Å². The van der Waals surface area contributed by atoms with Crippen molar-refractivity contribution < 1.29 is 132 Å². The number of hydrogen-bond donors (Lipinski definition) is 1. The zero-order valence-corrected chi connectivity index (χ0v) is 17.4. The molecule has 1 aromatic rings. The summed E-state index contributed by atoms with van der Waals surface area (Å²) >= 11 is 0. The molecular formula is C8H8K2NO6P. The monoisotopic (exact) mass is 323 g/mol. The van der Waals surface area contributed by atoms with E-state index in [9.17, 15) is 24.3 Å². The van der Waals surface area contributed by atoms with Crippen LogP contribution in [0.2, 0.25) is 0 Å². The maximum Gasteiger partial charge on any atom is 1.00 e. The maximum absolute atomic E-state index is 10.7. The normalized spacial score (nSPS) is 10.2. The van der Waals surface area contributed by atoms with Gasteiger partial charge in [0.15, 0.2) is 6.29 Å². The van der Waals surface area contributed by atoms with Gasteiger partial charge in [-0.05, 0) is 6.92 Å². The van der Waals surface area contributed by atoms with Gasteiger partial charge in [-0.3, -0.25) is 9.78 Å². The molecule has 7 nitrogen and oxygen atoms in total. The second-order valence-corrected chi connectivity index (χ2v) is 4.12. The summed E-state index contributed by atoms with van der Waals surface area (Å²) in [5.41, 5.74) is 0.115. The summed E-state index contributed by atoms with van der Waals surface area (Å²) in [6.07, 6.45) is 1.50. The van der Waals surface area contributed by atoms with Gasteiger partial charge < -0.3 is 24.0 Å². The average Bonchev–Trinajstić information content (AvgIpc) is 2.18. The van der Waals surface area contributed by atoms with Crippen molar-refractivity contribution in [2.45, 2.75) is 13.5 Å². The van der Waals surface area contributed by atoms with Crippen LogP contribution in [0.1, 0.15) is 21.6 Å². The summed E-state index contributed by atoms with van der Waals surface area (Å²) in [4.78, 5) is 34.8. The first-order chi connectivity index (χ1) is 7.35. The number of aromatic nitrogens is 1. The first-order valence-corrected chi connectivity index (χ1v) is 5.60. The average molecular weight is 323 g/mol. The van der Waals surface area contributed by atoms with Gasteiger partial charge in [-0.25, -0.2) is 0 Å². The molecule has 1 heterocycles. The van der Waals surface area contributed by atoms with Crippen molar-refractivity contribution in [3.8, 4) is 5.75 Å². The molecule has 0 aliphatic rings. The third-order valence-corrected chi connectivity index (χ3v) is 2.30. The Hall–Kier alpha value is 2.00. The predicted molar refractivity (Wildman–Crippen MR) is 48.4 cm³/mol. The Balaban J connectivity index is 0. The summed E-state index contributed by atoms with van der Waals surface area (Å²) in [5, 5.41) is 9.43. The van der Waals surface area contributed by atoms with Gasteiger partial charge in [0, 0.05) is 11.8 Å². The molecule has 0 aliphatic carbocycles. The zero-order chi connectivity index (χ0) is 12.3. The Kier molecular flexibility index (Phi) is 12.2. The molecule has 0 unspecified atom stereocenters. The fourth-order valence-corrected chi connectivity index (χ4v) is 1.34. The third-order valence-electron chi connectivity index (χ3n) is 1.85. The number of aldehydes is 1. The van der Waals surface area contributed by atoms with E-state index in [1.54, 1.807) is 0 Å². The third kappa shape index (κ3) is 7.14. The van der Waals surface area contributed by atoms with E-state index in [1.807, 2.05) is 0 Å². The summed E-state index contributed by atoms with van der Waals surface area (Å²) in [6, 6.07) is 0. The largest absolute Gasteiger partial charge is 1.00 e. The fourth-order valence-electron chi connectivity index (χ4n) is 1.05. The van der Waals surface area contributed by atoms with Gasteiger partial charge in [-0.2, -0.15) is 0 Å². The predicted octanol–water partition coefficient (Wildman–Crippen LogP) is -6.74. The van der Waals surface area contributed by atoms with E-state index in [0.29, 0.717) is 6.29 Å². The summed E-state index contributed by atoms with van der Waals surface area (Å²) in [7, 11) is -5.11. The SMILES string of the molecule is Cc1ncc(COP(=O)([O-])[O-])c(C=O)c1O.[K+].[K+]. The molecule has 1 rings (SSSR count). The van der Waals surface area contributed by atoms with E-state index in [0.717, 1.165) is 6.20 Å². The van der Waals surface area contributed by atoms with Crippen LogP contribution in [-0.2, 0) is 15.7 Å². The van der Waals surface area contributed by atoms with Crippen molar-refractivity contribution >= 4 is 14.1 Å². The molecule has 0 aromatic carbocycles. The van der Waals surface area contributed by atoms with Gasteiger partial charge >= 0.3 is 103 Å². The molecular weight excluding hydrogens is 315 g/mol. The Morgan fingerprint density at radius 1 is 1.50 bits per heavy atom. The number of phosphoric acid groups is 1. The van der Waals surface area contributed by atoms with Crippen molar-refractivity contribution in [1.29, 1.82) is 0 Å². The van der Waals surface area contributed by atoms with Crippen LogP contribution in [-0.4, -0.2) is 16.4 Å². The van der Waals surface area contributed by atoms with Crippen LogP contribution in [0.5, 0.6) is 5.75 Å². The van der Waals surface area contributed by atoms with Gasteiger partial charge in [-0.1, -0.05) is 0 Å². The Morgan fingerprint density at radius 3 is 2.50 bits per heavy atom. The number of carbonyl (C=O) groups is 1. The van der Waals surface area contributed by atoms with Crippen molar-refractivity contribution in [1.82, 2.24) is 4.98 Å². The standard InChI is InChI=1S/C8H10NO6P.2K/c1-5-8(11)7(3-10)6(2-9-5)4-15-16(12,13)14;;/h2-3,11H,4H2,1H3,(H2,12,13,14);;/q;2*+1/p-2. The molecule has 0 saturated heterocycles. The van der Waals surface area contributed by atoms with Crippen molar-refractivity contribution in [2.24, 2.45) is 0 Å². The molecule has 0 aliphatic heterocycles. The van der Waals surface area contributed by atoms with Crippen LogP contribution >= 0.6 is 7.82 Å². The molecule has 0 amide bonds. The summed E-state index contributed by atoms with van der Waals surface area (Å²) < 4.78 is 14.2. The Morgan fingerprint density at radius 2 is 2.06 bits per heavy atom. The van der Waals surface area contributed by atoms with E-state index >= 15 is 0 Å². The molecule has 1 N–H and O–H groups in total. The molecule has 1 aromatic heterocycles.